The number of aliphatic hydroxyl groups is 2. The molecule has 0 unspecified atom stereocenters. The normalized spacial score (nSPS) is 11.5. The minimum atomic E-state index is -5.50. The number of nitrogens with one attached hydrogen (secondary N) is 4. The summed E-state index contributed by atoms with van der Waals surface area (Å²) in [7, 11) is -32.4. The standard InChI is InChI=1S/C46H50N14O22S6.6Na/c47-13-1-15-59(17-21-81-23-19-61)45-55-41(53-43(57-45)51-35-27-33(83(63,64)65)9-11-37(35)85(69,70)71)49-31-7-5-29(39(25-31)87(75,76)77)3-4-30-6-8-32(26-40(30)88(78,79)80)50-42-54-44(58-46(56-42)60(16-2-14-48)18-22-82-24-20-62)52-36-28-34(84(66,67)68)10-12-38(36)86(72,73)74;;;;;;/h3-12,25-28,61-62H,1-2,15-24H2,(H,63,64,65)(H,66,67,68)(H,69,70,71)(H,72,73,74)(H,75,76,77)(H,78,79,80)(H2,49,51,53,55,57)(H2,50,52,54,56,58);;;;;;/q;6*+1/p-6. The van der Waals surface area contributed by atoms with E-state index < -0.39 is 136 Å². The van der Waals surface area contributed by atoms with E-state index in [2.05, 4.69) is 51.2 Å². The van der Waals surface area contributed by atoms with Gasteiger partial charge < -0.3 is 78.1 Å². The van der Waals surface area contributed by atoms with Crippen molar-refractivity contribution in [3.8, 4) is 12.1 Å². The van der Waals surface area contributed by atoms with Crippen molar-refractivity contribution in [2.24, 2.45) is 0 Å². The molecular formula is C46H44N14Na6O22S6. The topological polar surface area (TPSA) is 582 Å². The summed E-state index contributed by atoms with van der Waals surface area (Å²) < 4.78 is 233. The van der Waals surface area contributed by atoms with Crippen molar-refractivity contribution in [2.75, 3.05) is 96.9 Å². The van der Waals surface area contributed by atoms with Crippen molar-refractivity contribution in [3.05, 3.63) is 83.9 Å². The van der Waals surface area contributed by atoms with E-state index in [4.69, 9.17) is 9.47 Å². The van der Waals surface area contributed by atoms with Gasteiger partial charge >= 0.3 is 177 Å². The van der Waals surface area contributed by atoms with Crippen LogP contribution < -0.4 is 208 Å². The molecule has 2 aromatic heterocycles. The summed E-state index contributed by atoms with van der Waals surface area (Å²) >= 11 is 0. The van der Waals surface area contributed by atoms with Crippen molar-refractivity contribution in [1.82, 2.24) is 29.9 Å². The molecule has 0 saturated carbocycles. The molecule has 0 radical (unpaired) electrons. The van der Waals surface area contributed by atoms with E-state index in [0.29, 0.717) is 36.4 Å². The molecule has 0 amide bonds. The number of aliphatic hydroxyl groups excluding tert-OH is 2. The molecule has 0 spiro atoms. The number of hydrogen-bond donors (Lipinski definition) is 6. The first-order valence-electron chi connectivity index (χ1n) is 24.4. The zero-order valence-electron chi connectivity index (χ0n) is 50.5. The number of nitriles is 2. The summed E-state index contributed by atoms with van der Waals surface area (Å²) in [5.74, 6) is -3.10. The van der Waals surface area contributed by atoms with E-state index >= 15 is 0 Å². The van der Waals surface area contributed by atoms with Gasteiger partial charge in [-0.2, -0.15) is 40.4 Å². The average Bonchev–Trinajstić information content (AvgIpc) is 0.890. The Morgan fingerprint density at radius 1 is 0.415 bits per heavy atom. The molecule has 0 bridgehead atoms. The zero-order valence-corrected chi connectivity index (χ0v) is 67.4. The number of rotatable bonds is 32. The summed E-state index contributed by atoms with van der Waals surface area (Å²) in [6.45, 7) is -1.66. The monoisotopic (exact) mass is 1470 g/mol. The Hall–Kier alpha value is -2.28. The summed E-state index contributed by atoms with van der Waals surface area (Å²) in [4.78, 5) is 21.6. The number of nitrogens with zero attached hydrogens (tertiary/aromatic N) is 10. The van der Waals surface area contributed by atoms with Gasteiger partial charge in [0, 0.05) is 37.6 Å². The van der Waals surface area contributed by atoms with Crippen molar-refractivity contribution in [1.29, 1.82) is 10.5 Å². The minimum Gasteiger partial charge on any atom is -0.744 e. The second kappa shape index (κ2) is 40.8. The third-order valence-electron chi connectivity index (χ3n) is 11.3. The fourth-order valence-electron chi connectivity index (χ4n) is 7.48. The van der Waals surface area contributed by atoms with Crippen LogP contribution in [0, 0.1) is 22.7 Å². The summed E-state index contributed by atoms with van der Waals surface area (Å²) in [6, 6.07) is 12.8. The van der Waals surface area contributed by atoms with Gasteiger partial charge in [0.25, 0.3) is 0 Å². The van der Waals surface area contributed by atoms with Crippen LogP contribution in [0.3, 0.4) is 0 Å². The predicted molar refractivity (Wildman–Crippen MR) is 296 cm³/mol. The molecule has 0 fully saturated rings. The first-order chi connectivity index (χ1) is 41.2. The third-order valence-corrected chi connectivity index (χ3v) is 16.6. The van der Waals surface area contributed by atoms with Gasteiger partial charge in [0.1, 0.15) is 60.7 Å². The Morgan fingerprint density at radius 2 is 0.734 bits per heavy atom. The van der Waals surface area contributed by atoms with E-state index in [9.17, 15) is 98.6 Å². The first-order valence-corrected chi connectivity index (χ1v) is 32.9. The Kier molecular flexibility index (Phi) is 39.8. The molecule has 4 aromatic carbocycles. The Balaban J connectivity index is 0.0000144. The van der Waals surface area contributed by atoms with Crippen molar-refractivity contribution < 1.29 is 275 Å². The molecule has 472 valence electrons. The maximum atomic E-state index is 12.9. The number of benzene rings is 4. The molecule has 6 N–H and O–H groups in total. The fourth-order valence-corrected chi connectivity index (χ4v) is 11.1. The van der Waals surface area contributed by atoms with E-state index in [0.717, 1.165) is 48.6 Å². The predicted octanol–water partition coefficient (Wildman–Crippen LogP) is -17.9. The van der Waals surface area contributed by atoms with Crippen LogP contribution in [-0.2, 0) is 70.2 Å². The number of ether oxygens (including phenoxy) is 2. The maximum absolute atomic E-state index is 12.9. The van der Waals surface area contributed by atoms with Crippen LogP contribution in [0.2, 0.25) is 0 Å². The van der Waals surface area contributed by atoms with Gasteiger partial charge in [0.15, 0.2) is 0 Å². The van der Waals surface area contributed by atoms with Gasteiger partial charge in [-0.1, -0.05) is 24.3 Å². The molecule has 2 heterocycles. The fraction of sp³-hybridized carbons (Fsp3) is 0.261. The van der Waals surface area contributed by atoms with E-state index in [1.807, 2.05) is 12.1 Å². The van der Waals surface area contributed by atoms with Gasteiger partial charge in [0.05, 0.1) is 105 Å². The third kappa shape index (κ3) is 28.0. The number of anilines is 10. The molecule has 36 nitrogen and oxygen atoms in total. The Bertz CT molecular complexity index is 4160. The molecule has 94 heavy (non-hydrogen) atoms. The van der Waals surface area contributed by atoms with Crippen LogP contribution in [0.1, 0.15) is 24.0 Å². The zero-order chi connectivity index (χ0) is 64.8. The van der Waals surface area contributed by atoms with E-state index in [1.54, 1.807) is 0 Å². The number of hydrogen-bond acceptors (Lipinski definition) is 36. The van der Waals surface area contributed by atoms with Gasteiger partial charge in [-0.25, -0.2) is 50.5 Å². The average molecular weight is 1480 g/mol. The van der Waals surface area contributed by atoms with Gasteiger partial charge in [-0.15, -0.1) is 0 Å². The smallest absolute Gasteiger partial charge is 0.744 e. The molecule has 0 saturated heterocycles. The molecule has 0 aliphatic heterocycles. The molecule has 0 atom stereocenters. The Morgan fingerprint density at radius 3 is 1.02 bits per heavy atom. The van der Waals surface area contributed by atoms with Crippen LogP contribution in [-0.4, -0.2) is 184 Å². The molecule has 0 aliphatic rings. The maximum Gasteiger partial charge on any atom is 1.00 e. The van der Waals surface area contributed by atoms with Gasteiger partial charge in [0.2, 0.25) is 35.7 Å². The van der Waals surface area contributed by atoms with Crippen LogP contribution >= 0.6 is 0 Å². The van der Waals surface area contributed by atoms with E-state index in [1.165, 1.54) is 9.80 Å². The second-order valence-electron chi connectivity index (χ2n) is 17.4. The van der Waals surface area contributed by atoms with Gasteiger partial charge in [-0.05, 0) is 71.8 Å². The summed E-state index contributed by atoms with van der Waals surface area (Å²) in [5.41, 5.74) is -3.03. The quantitative estimate of drug-likeness (QED) is 0.00988. The minimum absolute atomic E-state index is 0. The van der Waals surface area contributed by atoms with Gasteiger partial charge in [-0.3, -0.25) is 0 Å². The first kappa shape index (κ1) is 91.7. The van der Waals surface area contributed by atoms with Crippen LogP contribution in [0.4, 0.5) is 58.4 Å². The van der Waals surface area contributed by atoms with Crippen molar-refractivity contribution in [2.45, 2.75) is 42.2 Å². The van der Waals surface area contributed by atoms with Crippen molar-refractivity contribution >= 4 is 131 Å². The Labute approximate surface area is 672 Å². The molecular weight excluding hydrogens is 1430 g/mol. The molecule has 48 heteroatoms. The van der Waals surface area contributed by atoms with Crippen LogP contribution in [0.15, 0.2) is 102 Å². The molecule has 6 rings (SSSR count). The summed E-state index contributed by atoms with van der Waals surface area (Å²) in [6.07, 6.45) is 1.51. The van der Waals surface area contributed by atoms with Crippen molar-refractivity contribution in [3.63, 3.8) is 0 Å². The summed E-state index contributed by atoms with van der Waals surface area (Å²) in [5, 5.41) is 47.1. The molecule has 0 aliphatic carbocycles. The second-order valence-corrected chi connectivity index (χ2v) is 25.6. The van der Waals surface area contributed by atoms with Crippen LogP contribution in [0.5, 0.6) is 0 Å². The SMILES string of the molecule is N#CCCN(CCOCCO)c1nc(Nc2ccc(C=Cc3ccc(Nc4nc(Nc5cc(S(=O)(=O)[O-])ccc5S(=O)(=O)[O-])nc(N(CCC#N)CCOCCO)n4)cc3S(=O)(=O)[O-])c(S(=O)(=O)[O-])c2)nc(Nc2cc(S(=O)(=O)[O-])ccc2S(=O)(=O)[O-])n1.[Na+].[Na+].[Na+].[Na+].[Na+].[Na+]. The molecule has 6 aromatic rings. The largest absolute Gasteiger partial charge is 1.00 e. The van der Waals surface area contributed by atoms with E-state index in [-0.39, 0.29) is 279 Å². The number of aromatic nitrogens is 6. The van der Waals surface area contributed by atoms with Crippen LogP contribution in [0.25, 0.3) is 12.2 Å².